The fraction of sp³-hybridized carbons (Fsp3) is 0.611. The summed E-state index contributed by atoms with van der Waals surface area (Å²) in [6, 6.07) is 5.97. The Hall–Kier alpha value is -1.56. The van der Waals surface area contributed by atoms with E-state index >= 15 is 0 Å². The van der Waals surface area contributed by atoms with E-state index in [9.17, 15) is 18.0 Å². The second-order valence-electron chi connectivity index (χ2n) is 6.55. The average Bonchev–Trinajstić information content (AvgIpc) is 2.54. The van der Waals surface area contributed by atoms with Crippen LogP contribution in [0.25, 0.3) is 0 Å². The van der Waals surface area contributed by atoms with Crippen molar-refractivity contribution in [2.75, 3.05) is 19.6 Å². The molecule has 1 aromatic carbocycles. The van der Waals surface area contributed by atoms with Crippen molar-refractivity contribution >= 4 is 5.91 Å². The van der Waals surface area contributed by atoms with Crippen LogP contribution >= 0.6 is 0 Å². The second-order valence-corrected chi connectivity index (χ2v) is 6.55. The largest absolute Gasteiger partial charge is 0.416 e. The molecule has 1 aliphatic rings. The average molecular weight is 342 g/mol. The molecule has 1 N–H and O–H groups in total. The molecule has 1 aromatic rings. The van der Waals surface area contributed by atoms with Crippen LogP contribution in [0.5, 0.6) is 0 Å². The quantitative estimate of drug-likeness (QED) is 0.883. The maximum Gasteiger partial charge on any atom is 0.416 e. The van der Waals surface area contributed by atoms with E-state index in [1.165, 1.54) is 12.1 Å². The molecule has 0 radical (unpaired) electrons. The van der Waals surface area contributed by atoms with Gasteiger partial charge in [-0.25, -0.2) is 0 Å². The Labute approximate surface area is 141 Å². The zero-order valence-corrected chi connectivity index (χ0v) is 14.2. The van der Waals surface area contributed by atoms with E-state index in [0.717, 1.165) is 50.5 Å². The van der Waals surface area contributed by atoms with Crippen molar-refractivity contribution in [3.8, 4) is 0 Å². The Morgan fingerprint density at radius 2 is 2.00 bits per heavy atom. The van der Waals surface area contributed by atoms with E-state index < -0.39 is 11.7 Å². The summed E-state index contributed by atoms with van der Waals surface area (Å²) in [5.74, 6) is 0.184. The van der Waals surface area contributed by atoms with Crippen molar-refractivity contribution in [3.05, 3.63) is 35.4 Å². The molecule has 0 spiro atoms. The molecule has 1 heterocycles. The predicted octanol–water partition coefficient (Wildman–Crippen LogP) is 3.80. The summed E-state index contributed by atoms with van der Waals surface area (Å²) in [5.41, 5.74) is 0.134. The van der Waals surface area contributed by atoms with Gasteiger partial charge in [0.2, 0.25) is 5.91 Å². The number of benzene rings is 1. The van der Waals surface area contributed by atoms with Gasteiger partial charge in [0.25, 0.3) is 0 Å². The summed E-state index contributed by atoms with van der Waals surface area (Å²) in [7, 11) is 0. The lowest BCUT2D eigenvalue weighted by Gasteiger charge is -2.32. The molecule has 134 valence electrons. The Morgan fingerprint density at radius 1 is 1.33 bits per heavy atom. The van der Waals surface area contributed by atoms with Crippen LogP contribution in [0.1, 0.15) is 50.2 Å². The number of amides is 1. The highest BCUT2D eigenvalue weighted by Crippen LogP contribution is 2.31. The topological polar surface area (TPSA) is 32.3 Å². The molecule has 1 saturated heterocycles. The summed E-state index contributed by atoms with van der Waals surface area (Å²) in [4.78, 5) is 13.1. The third-order valence-corrected chi connectivity index (χ3v) is 4.73. The number of hydrogen-bond acceptors (Lipinski definition) is 2. The molecule has 1 fully saturated rings. The minimum Gasteiger partial charge on any atom is -0.343 e. The van der Waals surface area contributed by atoms with Gasteiger partial charge in [0.05, 0.1) is 5.56 Å². The maximum absolute atomic E-state index is 12.8. The monoisotopic (exact) mass is 342 g/mol. The summed E-state index contributed by atoms with van der Waals surface area (Å²) >= 11 is 0. The minimum atomic E-state index is -4.29. The van der Waals surface area contributed by atoms with Crippen LogP contribution in [0.3, 0.4) is 0 Å². The molecule has 0 aliphatic carbocycles. The molecule has 6 heteroatoms. The lowest BCUT2D eigenvalue weighted by atomic mass is 9.95. The van der Waals surface area contributed by atoms with Gasteiger partial charge in [-0.1, -0.05) is 25.1 Å². The number of alkyl halides is 3. The molecule has 1 atom stereocenters. The summed E-state index contributed by atoms with van der Waals surface area (Å²) in [5, 5.41) is 3.47. The van der Waals surface area contributed by atoms with Crippen molar-refractivity contribution in [3.63, 3.8) is 0 Å². The molecular formula is C18H25F3N2O. The highest BCUT2D eigenvalue weighted by atomic mass is 19.4. The van der Waals surface area contributed by atoms with Crippen LogP contribution in [0, 0.1) is 0 Å². The number of halogens is 3. The number of carbonyl (C=O) groups excluding carboxylic acids is 1. The first-order valence-corrected chi connectivity index (χ1v) is 8.43. The van der Waals surface area contributed by atoms with Gasteiger partial charge in [-0.05, 0) is 43.4 Å². The molecular weight excluding hydrogens is 317 g/mol. The zero-order valence-electron chi connectivity index (χ0n) is 14.2. The zero-order chi connectivity index (χ0) is 17.7. The first-order chi connectivity index (χ1) is 11.3. The molecule has 0 bridgehead atoms. The molecule has 0 saturated carbocycles. The van der Waals surface area contributed by atoms with E-state index in [0.29, 0.717) is 6.04 Å². The number of piperidine rings is 1. The third-order valence-electron chi connectivity index (χ3n) is 4.73. The number of likely N-dealkylation sites (tertiary alicyclic amines) is 1. The molecule has 1 aliphatic heterocycles. The van der Waals surface area contributed by atoms with Gasteiger partial charge < -0.3 is 10.2 Å². The normalized spacial score (nSPS) is 17.8. The standard InChI is InChI=1S/C18H25F3N2O/c1-13(15-4-3-5-16(12-15)18(19,20)21)6-9-22-17-7-10-23(11-8-17)14(2)24/h3-5,12-13,17,22H,6-11H2,1-2H3. The van der Waals surface area contributed by atoms with E-state index in [1.807, 2.05) is 11.8 Å². The van der Waals surface area contributed by atoms with Crippen LogP contribution in [0.2, 0.25) is 0 Å². The van der Waals surface area contributed by atoms with Crippen LogP contribution in [0.15, 0.2) is 24.3 Å². The molecule has 1 amide bonds. The fourth-order valence-corrected chi connectivity index (χ4v) is 3.09. The van der Waals surface area contributed by atoms with E-state index in [2.05, 4.69) is 5.32 Å². The lowest BCUT2D eigenvalue weighted by molar-refractivity contribution is -0.137. The van der Waals surface area contributed by atoms with Crippen LogP contribution in [-0.2, 0) is 11.0 Å². The van der Waals surface area contributed by atoms with Crippen LogP contribution < -0.4 is 5.32 Å². The van der Waals surface area contributed by atoms with Gasteiger partial charge >= 0.3 is 6.18 Å². The highest BCUT2D eigenvalue weighted by molar-refractivity contribution is 5.73. The van der Waals surface area contributed by atoms with Gasteiger partial charge in [-0.3, -0.25) is 4.79 Å². The molecule has 1 unspecified atom stereocenters. The van der Waals surface area contributed by atoms with E-state index in [1.54, 1.807) is 13.0 Å². The first kappa shape index (κ1) is 18.8. The number of carbonyl (C=O) groups is 1. The third kappa shape index (κ3) is 5.23. The Morgan fingerprint density at radius 3 is 2.58 bits per heavy atom. The van der Waals surface area contributed by atoms with E-state index in [-0.39, 0.29) is 11.8 Å². The van der Waals surface area contributed by atoms with Gasteiger partial charge in [0, 0.05) is 26.1 Å². The Bertz CT molecular complexity index is 551. The highest BCUT2D eigenvalue weighted by Gasteiger charge is 2.30. The first-order valence-electron chi connectivity index (χ1n) is 8.43. The molecule has 3 nitrogen and oxygen atoms in total. The lowest BCUT2D eigenvalue weighted by Crippen LogP contribution is -2.44. The smallest absolute Gasteiger partial charge is 0.343 e. The van der Waals surface area contributed by atoms with Crippen molar-refractivity contribution in [1.29, 1.82) is 0 Å². The Balaban J connectivity index is 1.78. The van der Waals surface area contributed by atoms with Crippen LogP contribution in [0.4, 0.5) is 13.2 Å². The van der Waals surface area contributed by atoms with Crippen molar-refractivity contribution in [2.45, 2.75) is 51.2 Å². The van der Waals surface area contributed by atoms with Crippen LogP contribution in [-0.4, -0.2) is 36.5 Å². The SMILES string of the molecule is CC(=O)N1CCC(NCCC(C)c2cccc(C(F)(F)F)c2)CC1. The number of hydrogen-bond donors (Lipinski definition) is 1. The fourth-order valence-electron chi connectivity index (χ4n) is 3.09. The van der Waals surface area contributed by atoms with Crippen molar-refractivity contribution in [1.82, 2.24) is 10.2 Å². The van der Waals surface area contributed by atoms with E-state index in [4.69, 9.17) is 0 Å². The molecule has 2 rings (SSSR count). The minimum absolute atomic E-state index is 0.0668. The molecule has 0 aromatic heterocycles. The Kier molecular flexibility index (Phi) is 6.27. The number of nitrogens with zero attached hydrogens (tertiary/aromatic N) is 1. The summed E-state index contributed by atoms with van der Waals surface area (Å²) in [6.07, 6.45) is -1.65. The summed E-state index contributed by atoms with van der Waals surface area (Å²) in [6.45, 7) is 5.86. The van der Waals surface area contributed by atoms with Crippen molar-refractivity contribution in [2.24, 2.45) is 0 Å². The van der Waals surface area contributed by atoms with Gasteiger partial charge in [0.1, 0.15) is 0 Å². The van der Waals surface area contributed by atoms with Gasteiger partial charge in [-0.2, -0.15) is 13.2 Å². The maximum atomic E-state index is 12.8. The predicted molar refractivity (Wildman–Crippen MR) is 87.8 cm³/mol. The van der Waals surface area contributed by atoms with Gasteiger partial charge in [-0.15, -0.1) is 0 Å². The van der Waals surface area contributed by atoms with Crippen molar-refractivity contribution < 1.29 is 18.0 Å². The number of nitrogens with one attached hydrogen (secondary N) is 1. The molecule has 24 heavy (non-hydrogen) atoms. The summed E-state index contributed by atoms with van der Waals surface area (Å²) < 4.78 is 38.3. The second kappa shape index (κ2) is 8.01. The number of rotatable bonds is 5. The van der Waals surface area contributed by atoms with Gasteiger partial charge in [0.15, 0.2) is 0 Å².